The number of hydrogen-bond donors (Lipinski definition) is 1. The zero-order valence-electron chi connectivity index (χ0n) is 20.2. The molecule has 0 radical (unpaired) electrons. The van der Waals surface area contributed by atoms with E-state index in [9.17, 15) is 19.5 Å². The second-order valence-electron chi connectivity index (χ2n) is 10.3. The molecular formula is C27H31NO5. The first-order chi connectivity index (χ1) is 15.3. The van der Waals surface area contributed by atoms with Gasteiger partial charge in [-0.2, -0.15) is 0 Å². The molecule has 1 aliphatic rings. The summed E-state index contributed by atoms with van der Waals surface area (Å²) in [5, 5.41) is 10.8. The molecule has 1 heterocycles. The van der Waals surface area contributed by atoms with Gasteiger partial charge in [0.25, 0.3) is 5.91 Å². The summed E-state index contributed by atoms with van der Waals surface area (Å²) in [6.07, 6.45) is 0. The average Bonchev–Trinajstić information content (AvgIpc) is 3.02. The van der Waals surface area contributed by atoms with Crippen LogP contribution < -0.4 is 4.90 Å². The van der Waals surface area contributed by atoms with Crippen molar-refractivity contribution in [2.45, 2.75) is 53.0 Å². The third-order valence-electron chi connectivity index (χ3n) is 5.79. The van der Waals surface area contributed by atoms with Gasteiger partial charge in [0.05, 0.1) is 24.3 Å². The Labute approximate surface area is 194 Å². The highest BCUT2D eigenvalue weighted by Gasteiger charge is 2.46. The van der Waals surface area contributed by atoms with Crippen molar-refractivity contribution >= 4 is 23.3 Å². The molecule has 0 aliphatic carbocycles. The fourth-order valence-electron chi connectivity index (χ4n) is 3.86. The van der Waals surface area contributed by atoms with Gasteiger partial charge in [0.1, 0.15) is 0 Å². The normalized spacial score (nSPS) is 16.9. The van der Waals surface area contributed by atoms with Gasteiger partial charge >= 0.3 is 5.97 Å². The number of nitrogens with zero attached hydrogens (tertiary/aromatic N) is 1. The largest absolute Gasteiger partial charge is 0.503 e. The molecule has 0 saturated heterocycles. The number of carbonyl (C=O) groups excluding carboxylic acids is 3. The van der Waals surface area contributed by atoms with Gasteiger partial charge in [-0.05, 0) is 40.8 Å². The van der Waals surface area contributed by atoms with E-state index in [1.54, 1.807) is 45.0 Å². The van der Waals surface area contributed by atoms with E-state index in [1.165, 1.54) is 12.0 Å². The Morgan fingerprint density at radius 1 is 0.909 bits per heavy atom. The summed E-state index contributed by atoms with van der Waals surface area (Å²) in [6, 6.07) is 13.3. The van der Waals surface area contributed by atoms with Crippen molar-refractivity contribution in [3.05, 3.63) is 76.6 Å². The molecule has 2 aromatic rings. The first kappa shape index (κ1) is 24.2. The molecule has 0 spiro atoms. The number of Topliss-reactive ketones (excluding diaryl/α,β-unsaturated/α-hetero) is 1. The Bertz CT molecular complexity index is 1110. The topological polar surface area (TPSA) is 83.9 Å². The van der Waals surface area contributed by atoms with Gasteiger partial charge in [0.2, 0.25) is 0 Å². The zero-order valence-corrected chi connectivity index (χ0v) is 20.2. The summed E-state index contributed by atoms with van der Waals surface area (Å²) in [6.45, 7) is 11.6. The molecule has 33 heavy (non-hydrogen) atoms. The number of ether oxygens (including phenoxy) is 1. The number of aliphatic hydroxyl groups excluding tert-OH is 1. The van der Waals surface area contributed by atoms with Gasteiger partial charge in [-0.1, -0.05) is 65.8 Å². The molecule has 1 unspecified atom stereocenters. The van der Waals surface area contributed by atoms with Crippen molar-refractivity contribution in [1.29, 1.82) is 0 Å². The molecule has 1 atom stereocenters. The van der Waals surface area contributed by atoms with E-state index in [4.69, 9.17) is 4.74 Å². The third-order valence-corrected chi connectivity index (χ3v) is 5.79. The molecule has 0 bridgehead atoms. The maximum absolute atomic E-state index is 13.3. The quantitative estimate of drug-likeness (QED) is 0.642. The summed E-state index contributed by atoms with van der Waals surface area (Å²) in [4.78, 5) is 39.8. The summed E-state index contributed by atoms with van der Waals surface area (Å²) in [5.74, 6) is -1.99. The molecule has 2 aromatic carbocycles. The number of ketones is 1. The van der Waals surface area contributed by atoms with Gasteiger partial charge in [-0.3, -0.25) is 14.5 Å². The molecular weight excluding hydrogens is 418 g/mol. The number of amides is 1. The van der Waals surface area contributed by atoms with Crippen molar-refractivity contribution in [1.82, 2.24) is 0 Å². The zero-order chi connectivity index (χ0) is 24.7. The first-order valence-corrected chi connectivity index (χ1v) is 10.9. The molecule has 6 heteroatoms. The number of esters is 1. The minimum absolute atomic E-state index is 0.0601. The minimum Gasteiger partial charge on any atom is -0.503 e. The summed E-state index contributed by atoms with van der Waals surface area (Å²) < 4.78 is 4.74. The Balaban J connectivity index is 2.15. The van der Waals surface area contributed by atoms with E-state index in [1.807, 2.05) is 24.3 Å². The van der Waals surface area contributed by atoms with E-state index in [0.717, 1.165) is 5.56 Å². The van der Waals surface area contributed by atoms with Crippen molar-refractivity contribution in [2.75, 3.05) is 12.0 Å². The van der Waals surface area contributed by atoms with Crippen molar-refractivity contribution in [2.24, 2.45) is 5.41 Å². The maximum Gasteiger partial charge on any atom is 0.337 e. The fraction of sp³-hybridized carbons (Fsp3) is 0.370. The second-order valence-corrected chi connectivity index (χ2v) is 10.3. The fourth-order valence-corrected chi connectivity index (χ4v) is 3.86. The summed E-state index contributed by atoms with van der Waals surface area (Å²) in [5.41, 5.74) is 1.84. The minimum atomic E-state index is -0.794. The smallest absolute Gasteiger partial charge is 0.337 e. The van der Waals surface area contributed by atoms with Crippen molar-refractivity contribution in [3.8, 4) is 0 Å². The van der Waals surface area contributed by atoms with Crippen LogP contribution in [0.4, 0.5) is 5.69 Å². The van der Waals surface area contributed by atoms with Gasteiger partial charge in [-0.25, -0.2) is 4.79 Å². The molecule has 3 rings (SSSR count). The number of hydrogen-bond acceptors (Lipinski definition) is 5. The standard InChI is InChI=1S/C27H31NO5/c1-26(2,3)18-12-8-16(9-13-18)21-20(23(30)27(4,5)6)22(29)24(31)28(21)19-14-10-17(11-15-19)25(32)33-7/h8-15,21,29H,1-7H3. The molecule has 0 saturated carbocycles. The Kier molecular flexibility index (Phi) is 6.25. The SMILES string of the molecule is COC(=O)c1ccc(N2C(=O)C(O)=C(C(=O)C(C)(C)C)C2c2ccc(C(C)(C)C)cc2)cc1. The molecule has 0 aromatic heterocycles. The van der Waals surface area contributed by atoms with Gasteiger partial charge in [0, 0.05) is 11.1 Å². The van der Waals surface area contributed by atoms with Crippen LogP contribution in [0.25, 0.3) is 0 Å². The lowest BCUT2D eigenvalue weighted by molar-refractivity contribution is -0.123. The van der Waals surface area contributed by atoms with Crippen LogP contribution in [0.3, 0.4) is 0 Å². The lowest BCUT2D eigenvalue weighted by Gasteiger charge is -2.29. The lowest BCUT2D eigenvalue weighted by Crippen LogP contribution is -2.33. The highest BCUT2D eigenvalue weighted by molar-refractivity contribution is 6.17. The van der Waals surface area contributed by atoms with Crippen LogP contribution in [0, 0.1) is 5.41 Å². The van der Waals surface area contributed by atoms with E-state index in [-0.39, 0.29) is 16.8 Å². The van der Waals surface area contributed by atoms with Crippen molar-refractivity contribution in [3.63, 3.8) is 0 Å². The predicted octanol–water partition coefficient (Wildman–Crippen LogP) is 5.29. The molecule has 0 fully saturated rings. The van der Waals surface area contributed by atoms with Crippen LogP contribution in [0.15, 0.2) is 59.9 Å². The number of carbonyl (C=O) groups is 3. The van der Waals surface area contributed by atoms with Crippen LogP contribution in [0.2, 0.25) is 0 Å². The maximum atomic E-state index is 13.3. The van der Waals surface area contributed by atoms with Crippen molar-refractivity contribution < 1.29 is 24.2 Å². The molecule has 1 aliphatic heterocycles. The van der Waals surface area contributed by atoms with E-state index in [2.05, 4.69) is 20.8 Å². The summed E-state index contributed by atoms with van der Waals surface area (Å²) in [7, 11) is 1.30. The lowest BCUT2D eigenvalue weighted by atomic mass is 9.81. The molecule has 1 amide bonds. The number of benzene rings is 2. The van der Waals surface area contributed by atoms with E-state index >= 15 is 0 Å². The van der Waals surface area contributed by atoms with Crippen LogP contribution in [0.5, 0.6) is 0 Å². The first-order valence-electron chi connectivity index (χ1n) is 10.9. The molecule has 6 nitrogen and oxygen atoms in total. The Morgan fingerprint density at radius 3 is 1.91 bits per heavy atom. The van der Waals surface area contributed by atoms with E-state index in [0.29, 0.717) is 16.8 Å². The molecule has 174 valence electrons. The highest BCUT2D eigenvalue weighted by Crippen LogP contribution is 2.43. The van der Waals surface area contributed by atoms with Gasteiger partial charge in [0.15, 0.2) is 11.5 Å². The number of rotatable bonds is 4. The number of aliphatic hydroxyl groups is 1. The van der Waals surface area contributed by atoms with Crippen LogP contribution in [-0.4, -0.2) is 29.9 Å². The Hall–Kier alpha value is -3.41. The summed E-state index contributed by atoms with van der Waals surface area (Å²) >= 11 is 0. The average molecular weight is 450 g/mol. The van der Waals surface area contributed by atoms with Gasteiger partial charge in [-0.15, -0.1) is 0 Å². The number of methoxy groups -OCH3 is 1. The monoisotopic (exact) mass is 449 g/mol. The third kappa shape index (κ3) is 4.56. The second kappa shape index (κ2) is 8.50. The van der Waals surface area contributed by atoms with Crippen LogP contribution in [-0.2, 0) is 19.7 Å². The molecule has 1 N–H and O–H groups in total. The van der Waals surface area contributed by atoms with Gasteiger partial charge < -0.3 is 9.84 Å². The Morgan fingerprint density at radius 2 is 1.45 bits per heavy atom. The van der Waals surface area contributed by atoms with E-state index < -0.39 is 29.1 Å². The van der Waals surface area contributed by atoms with Crippen LogP contribution >= 0.6 is 0 Å². The predicted molar refractivity (Wildman–Crippen MR) is 127 cm³/mol. The highest BCUT2D eigenvalue weighted by atomic mass is 16.5. The van der Waals surface area contributed by atoms with Crippen LogP contribution in [0.1, 0.15) is 69.1 Å². The number of anilines is 1.